The van der Waals surface area contributed by atoms with Crippen LogP contribution in [0.25, 0.3) is 0 Å². The molecule has 0 bridgehead atoms. The van der Waals surface area contributed by atoms with Crippen LogP contribution in [-0.2, 0) is 4.74 Å². The fourth-order valence-corrected chi connectivity index (χ4v) is 2.04. The molecule has 16 heavy (non-hydrogen) atoms. The average Bonchev–Trinajstić information content (AvgIpc) is 2.09. The van der Waals surface area contributed by atoms with Gasteiger partial charge in [0.25, 0.3) is 0 Å². The van der Waals surface area contributed by atoms with Gasteiger partial charge in [-0.05, 0) is 12.0 Å². The van der Waals surface area contributed by atoms with Crippen molar-refractivity contribution in [3.8, 4) is 0 Å². The molecule has 2 aliphatic rings. The number of hydrogen-bond donors (Lipinski definition) is 0. The second kappa shape index (κ2) is 4.10. The Morgan fingerprint density at radius 1 is 1.25 bits per heavy atom. The molecule has 2 nitrogen and oxygen atoms in total. The van der Waals surface area contributed by atoms with Crippen molar-refractivity contribution < 1.29 is 4.74 Å². The Morgan fingerprint density at radius 2 is 1.88 bits per heavy atom. The van der Waals surface area contributed by atoms with E-state index in [1.54, 1.807) is 0 Å². The van der Waals surface area contributed by atoms with Gasteiger partial charge in [-0.15, -0.1) is 0 Å². The molecule has 0 aliphatic carbocycles. The van der Waals surface area contributed by atoms with E-state index in [0.717, 1.165) is 37.6 Å². The number of hydrogen-bond acceptors (Lipinski definition) is 2. The number of allylic oxidation sites excluding steroid dienone is 3. The average molecular weight is 219 g/mol. The number of rotatable bonds is 4. The first-order valence-corrected chi connectivity index (χ1v) is 5.91. The Balaban J connectivity index is 1.79. The summed E-state index contributed by atoms with van der Waals surface area (Å²) in [6.07, 6.45) is 4.16. The van der Waals surface area contributed by atoms with Crippen LogP contribution in [0.2, 0.25) is 0 Å². The van der Waals surface area contributed by atoms with Gasteiger partial charge in [0.2, 0.25) is 0 Å². The van der Waals surface area contributed by atoms with Crippen LogP contribution in [0.1, 0.15) is 13.8 Å². The van der Waals surface area contributed by atoms with E-state index in [2.05, 4.69) is 44.1 Å². The zero-order valence-electron chi connectivity index (χ0n) is 10.3. The molecule has 2 saturated heterocycles. The van der Waals surface area contributed by atoms with Crippen LogP contribution in [0.3, 0.4) is 0 Å². The van der Waals surface area contributed by atoms with Crippen molar-refractivity contribution in [1.29, 1.82) is 0 Å². The molecule has 2 heteroatoms. The molecule has 0 saturated carbocycles. The molecule has 0 unspecified atom stereocenters. The van der Waals surface area contributed by atoms with Crippen molar-refractivity contribution in [1.82, 2.24) is 4.90 Å². The topological polar surface area (TPSA) is 12.5 Å². The molecule has 1 spiro atoms. The van der Waals surface area contributed by atoms with Crippen molar-refractivity contribution >= 4 is 0 Å². The first kappa shape index (κ1) is 11.5. The fourth-order valence-electron chi connectivity index (χ4n) is 2.04. The Hall–Kier alpha value is -1.02. The molecule has 0 aromatic carbocycles. The molecule has 0 amide bonds. The number of likely N-dealkylation sites (tertiary alicyclic amines) is 1. The lowest BCUT2D eigenvalue weighted by Gasteiger charge is -2.56. The molecular formula is C14H21NO. The molecule has 0 N–H and O–H groups in total. The van der Waals surface area contributed by atoms with Gasteiger partial charge in [-0.3, -0.25) is 0 Å². The lowest BCUT2D eigenvalue weighted by Crippen LogP contribution is -2.65. The Labute approximate surface area is 98.3 Å². The maximum atomic E-state index is 5.25. The molecule has 2 aliphatic heterocycles. The zero-order chi connectivity index (χ0) is 11.8. The van der Waals surface area contributed by atoms with Gasteiger partial charge >= 0.3 is 0 Å². The molecular weight excluding hydrogens is 198 g/mol. The summed E-state index contributed by atoms with van der Waals surface area (Å²) < 4.78 is 5.25. The molecule has 2 rings (SSSR count). The largest absolute Gasteiger partial charge is 0.380 e. The van der Waals surface area contributed by atoms with Crippen LogP contribution in [-0.4, -0.2) is 31.2 Å². The smallest absolute Gasteiger partial charge is 0.0579 e. The van der Waals surface area contributed by atoms with Gasteiger partial charge in [0.15, 0.2) is 0 Å². The van der Waals surface area contributed by atoms with Crippen LogP contribution < -0.4 is 0 Å². The van der Waals surface area contributed by atoms with Crippen LogP contribution >= 0.6 is 0 Å². The SMILES string of the molecule is C=C(/C=C\C(=C)N1CC2(COC2)C1)C(C)C. The van der Waals surface area contributed by atoms with Crippen molar-refractivity contribution in [2.24, 2.45) is 11.3 Å². The Morgan fingerprint density at radius 3 is 2.31 bits per heavy atom. The summed E-state index contributed by atoms with van der Waals surface area (Å²) in [7, 11) is 0. The number of ether oxygens (including phenoxy) is 1. The van der Waals surface area contributed by atoms with E-state index in [4.69, 9.17) is 4.74 Å². The van der Waals surface area contributed by atoms with E-state index < -0.39 is 0 Å². The second-order valence-corrected chi connectivity index (χ2v) is 5.40. The zero-order valence-corrected chi connectivity index (χ0v) is 10.3. The standard InChI is InChI=1S/C14H21NO/c1-11(2)12(3)5-6-13(4)15-7-14(8-15)9-16-10-14/h5-6,11H,3-4,7-10H2,1-2H3/b6-5-. The molecule has 0 atom stereocenters. The van der Waals surface area contributed by atoms with Crippen LogP contribution in [0.5, 0.6) is 0 Å². The first-order chi connectivity index (χ1) is 7.52. The van der Waals surface area contributed by atoms with Gasteiger partial charge in [-0.2, -0.15) is 0 Å². The molecule has 0 aromatic heterocycles. The lowest BCUT2D eigenvalue weighted by molar-refractivity contribution is -0.178. The van der Waals surface area contributed by atoms with Crippen LogP contribution in [0, 0.1) is 11.3 Å². The third-order valence-corrected chi connectivity index (χ3v) is 3.51. The van der Waals surface area contributed by atoms with E-state index in [1.807, 2.05) is 0 Å². The monoisotopic (exact) mass is 219 g/mol. The normalized spacial score (nSPS) is 22.3. The molecule has 2 fully saturated rings. The predicted octanol–water partition coefficient (Wildman–Crippen LogP) is 2.60. The van der Waals surface area contributed by atoms with Crippen molar-refractivity contribution in [3.63, 3.8) is 0 Å². The Kier molecular flexibility index (Phi) is 2.94. The molecule has 88 valence electrons. The highest BCUT2D eigenvalue weighted by Crippen LogP contribution is 2.39. The highest BCUT2D eigenvalue weighted by Gasteiger charge is 2.48. The van der Waals surface area contributed by atoms with Gasteiger partial charge in [-0.1, -0.05) is 38.7 Å². The van der Waals surface area contributed by atoms with Crippen molar-refractivity contribution in [2.75, 3.05) is 26.3 Å². The van der Waals surface area contributed by atoms with E-state index in [0.29, 0.717) is 11.3 Å². The van der Waals surface area contributed by atoms with E-state index in [1.165, 1.54) is 0 Å². The van der Waals surface area contributed by atoms with Crippen molar-refractivity contribution in [2.45, 2.75) is 13.8 Å². The third-order valence-electron chi connectivity index (χ3n) is 3.51. The summed E-state index contributed by atoms with van der Waals surface area (Å²) in [6.45, 7) is 16.5. The minimum Gasteiger partial charge on any atom is -0.380 e. The minimum absolute atomic E-state index is 0.464. The maximum absolute atomic E-state index is 5.25. The Bertz CT molecular complexity index is 329. The van der Waals surface area contributed by atoms with Gasteiger partial charge < -0.3 is 9.64 Å². The third kappa shape index (κ3) is 2.07. The fraction of sp³-hybridized carbons (Fsp3) is 0.571. The van der Waals surface area contributed by atoms with E-state index in [9.17, 15) is 0 Å². The van der Waals surface area contributed by atoms with Crippen LogP contribution in [0.4, 0.5) is 0 Å². The van der Waals surface area contributed by atoms with Gasteiger partial charge in [0, 0.05) is 18.8 Å². The molecule has 2 heterocycles. The summed E-state index contributed by atoms with van der Waals surface area (Å²) >= 11 is 0. The highest BCUT2D eigenvalue weighted by atomic mass is 16.5. The van der Waals surface area contributed by atoms with Crippen molar-refractivity contribution in [3.05, 3.63) is 36.6 Å². The minimum atomic E-state index is 0.464. The highest BCUT2D eigenvalue weighted by molar-refractivity contribution is 5.26. The number of nitrogens with zero attached hydrogens (tertiary/aromatic N) is 1. The van der Waals surface area contributed by atoms with E-state index >= 15 is 0 Å². The second-order valence-electron chi connectivity index (χ2n) is 5.40. The summed E-state index contributed by atoms with van der Waals surface area (Å²) in [5.74, 6) is 0.506. The molecule has 0 radical (unpaired) electrons. The predicted molar refractivity (Wildman–Crippen MR) is 67.1 cm³/mol. The van der Waals surface area contributed by atoms with Gasteiger partial charge in [-0.25, -0.2) is 0 Å². The lowest BCUT2D eigenvalue weighted by atomic mass is 9.78. The first-order valence-electron chi connectivity index (χ1n) is 5.91. The summed E-state index contributed by atoms with van der Waals surface area (Å²) in [5, 5.41) is 0. The summed E-state index contributed by atoms with van der Waals surface area (Å²) in [5.41, 5.74) is 2.72. The van der Waals surface area contributed by atoms with Gasteiger partial charge in [0.05, 0.1) is 18.6 Å². The van der Waals surface area contributed by atoms with E-state index in [-0.39, 0.29) is 0 Å². The quantitative estimate of drug-likeness (QED) is 0.674. The van der Waals surface area contributed by atoms with Crippen LogP contribution in [0.15, 0.2) is 36.6 Å². The maximum Gasteiger partial charge on any atom is 0.0579 e. The summed E-state index contributed by atoms with van der Waals surface area (Å²) in [6, 6.07) is 0. The molecule has 0 aromatic rings. The van der Waals surface area contributed by atoms with Gasteiger partial charge in [0.1, 0.15) is 0 Å². The summed E-state index contributed by atoms with van der Waals surface area (Å²) in [4.78, 5) is 2.31.